The SMILES string of the molecule is Cc1ccc(Cl)cc1-n1ncc2c1ncn1c(-c3ccc(O)cc3O)nnc21. The number of phenolic OH excluding ortho intramolecular Hbond substituents is 2. The van der Waals surface area contributed by atoms with E-state index in [-0.39, 0.29) is 11.5 Å². The minimum atomic E-state index is -0.0976. The van der Waals surface area contributed by atoms with Crippen LogP contribution in [0, 0.1) is 6.92 Å². The normalized spacial score (nSPS) is 11.5. The van der Waals surface area contributed by atoms with Crippen LogP contribution in [0.3, 0.4) is 0 Å². The molecule has 0 bridgehead atoms. The minimum Gasteiger partial charge on any atom is -0.508 e. The van der Waals surface area contributed by atoms with Gasteiger partial charge >= 0.3 is 0 Å². The van der Waals surface area contributed by atoms with Gasteiger partial charge in [-0.25, -0.2) is 9.67 Å². The first-order valence-electron chi connectivity index (χ1n) is 8.39. The van der Waals surface area contributed by atoms with Crippen LogP contribution in [-0.4, -0.2) is 39.6 Å². The summed E-state index contributed by atoms with van der Waals surface area (Å²) in [6.07, 6.45) is 3.25. The zero-order valence-corrected chi connectivity index (χ0v) is 15.3. The van der Waals surface area contributed by atoms with E-state index >= 15 is 0 Å². The fourth-order valence-corrected chi connectivity index (χ4v) is 3.37. The summed E-state index contributed by atoms with van der Waals surface area (Å²) in [6, 6.07) is 9.88. The fraction of sp³-hybridized carbons (Fsp3) is 0.0526. The zero-order valence-electron chi connectivity index (χ0n) is 14.6. The summed E-state index contributed by atoms with van der Waals surface area (Å²) < 4.78 is 3.38. The third-order valence-corrected chi connectivity index (χ3v) is 4.83. The maximum Gasteiger partial charge on any atom is 0.175 e. The van der Waals surface area contributed by atoms with Gasteiger partial charge in [-0.2, -0.15) is 5.10 Å². The van der Waals surface area contributed by atoms with E-state index in [4.69, 9.17) is 11.6 Å². The first-order valence-corrected chi connectivity index (χ1v) is 8.77. The lowest BCUT2D eigenvalue weighted by atomic mass is 10.2. The Morgan fingerprint density at radius 1 is 1.00 bits per heavy atom. The minimum absolute atomic E-state index is 0.0336. The van der Waals surface area contributed by atoms with Crippen LogP contribution in [0.2, 0.25) is 5.02 Å². The topological polar surface area (TPSA) is 101 Å². The molecule has 9 heteroatoms. The average molecular weight is 393 g/mol. The number of hydrogen-bond donors (Lipinski definition) is 2. The van der Waals surface area contributed by atoms with Gasteiger partial charge < -0.3 is 10.2 Å². The molecule has 0 aliphatic heterocycles. The lowest BCUT2D eigenvalue weighted by Crippen LogP contribution is -2.01. The van der Waals surface area contributed by atoms with Crippen LogP contribution in [0.25, 0.3) is 33.8 Å². The van der Waals surface area contributed by atoms with Crippen molar-refractivity contribution < 1.29 is 10.2 Å². The Hall–Kier alpha value is -3.65. The maximum absolute atomic E-state index is 10.2. The van der Waals surface area contributed by atoms with E-state index in [1.165, 1.54) is 12.1 Å². The molecule has 0 radical (unpaired) electrons. The average Bonchev–Trinajstić information content (AvgIpc) is 3.27. The summed E-state index contributed by atoms with van der Waals surface area (Å²) in [6.45, 7) is 1.97. The second-order valence-electron chi connectivity index (χ2n) is 6.39. The Morgan fingerprint density at radius 2 is 1.86 bits per heavy atom. The van der Waals surface area contributed by atoms with Crippen LogP contribution < -0.4 is 0 Å². The second-order valence-corrected chi connectivity index (χ2v) is 6.82. The molecule has 0 spiro atoms. The predicted molar refractivity (Wildman–Crippen MR) is 104 cm³/mol. The van der Waals surface area contributed by atoms with Gasteiger partial charge in [-0.1, -0.05) is 17.7 Å². The van der Waals surface area contributed by atoms with Gasteiger partial charge in [0.1, 0.15) is 17.8 Å². The summed E-state index contributed by atoms with van der Waals surface area (Å²) >= 11 is 6.15. The van der Waals surface area contributed by atoms with Gasteiger partial charge in [0.05, 0.1) is 22.8 Å². The molecule has 2 N–H and O–H groups in total. The third-order valence-electron chi connectivity index (χ3n) is 4.60. The van der Waals surface area contributed by atoms with E-state index in [9.17, 15) is 10.2 Å². The van der Waals surface area contributed by atoms with Crippen molar-refractivity contribution in [3.8, 4) is 28.6 Å². The Labute approximate surface area is 163 Å². The molecule has 0 atom stereocenters. The van der Waals surface area contributed by atoms with E-state index in [1.807, 2.05) is 25.1 Å². The van der Waals surface area contributed by atoms with E-state index in [0.29, 0.717) is 33.1 Å². The number of benzene rings is 2. The number of nitrogens with zero attached hydrogens (tertiary/aromatic N) is 6. The fourth-order valence-electron chi connectivity index (χ4n) is 3.20. The molecular formula is C19H13ClN6O2. The molecule has 0 aliphatic carbocycles. The van der Waals surface area contributed by atoms with Gasteiger partial charge in [0.25, 0.3) is 0 Å². The van der Waals surface area contributed by atoms with Crippen LogP contribution in [0.1, 0.15) is 5.56 Å². The number of halogens is 1. The molecule has 0 saturated carbocycles. The Morgan fingerprint density at radius 3 is 2.68 bits per heavy atom. The number of aromatic hydroxyl groups is 2. The highest BCUT2D eigenvalue weighted by atomic mass is 35.5. The highest BCUT2D eigenvalue weighted by molar-refractivity contribution is 6.30. The van der Waals surface area contributed by atoms with Crippen molar-refractivity contribution in [2.75, 3.05) is 0 Å². The molecule has 0 unspecified atom stereocenters. The Kier molecular flexibility index (Phi) is 3.50. The molecule has 3 aromatic heterocycles. The van der Waals surface area contributed by atoms with Gasteiger partial charge in [-0.3, -0.25) is 4.40 Å². The van der Waals surface area contributed by atoms with E-state index in [1.54, 1.807) is 27.7 Å². The molecule has 5 rings (SSSR count). The molecular weight excluding hydrogens is 380 g/mol. The van der Waals surface area contributed by atoms with Crippen LogP contribution >= 0.6 is 11.6 Å². The number of rotatable bonds is 2. The van der Waals surface area contributed by atoms with Crippen molar-refractivity contribution in [3.63, 3.8) is 0 Å². The van der Waals surface area contributed by atoms with Crippen molar-refractivity contribution in [1.29, 1.82) is 0 Å². The molecule has 5 aromatic rings. The summed E-state index contributed by atoms with van der Waals surface area (Å²) in [5, 5.41) is 33.9. The van der Waals surface area contributed by atoms with Crippen molar-refractivity contribution in [1.82, 2.24) is 29.4 Å². The highest BCUT2D eigenvalue weighted by Crippen LogP contribution is 2.32. The quantitative estimate of drug-likeness (QED) is 0.476. The summed E-state index contributed by atoms with van der Waals surface area (Å²) in [7, 11) is 0. The first kappa shape index (κ1) is 16.5. The molecule has 8 nitrogen and oxygen atoms in total. The summed E-state index contributed by atoms with van der Waals surface area (Å²) in [5.74, 6) is 0.280. The van der Waals surface area contributed by atoms with Crippen LogP contribution in [0.5, 0.6) is 11.5 Å². The maximum atomic E-state index is 10.2. The van der Waals surface area contributed by atoms with Crippen LogP contribution in [-0.2, 0) is 0 Å². The number of fused-ring (bicyclic) bond motifs is 3. The monoisotopic (exact) mass is 392 g/mol. The number of phenols is 2. The second kappa shape index (κ2) is 5.93. The van der Waals surface area contributed by atoms with Crippen LogP contribution in [0.4, 0.5) is 0 Å². The van der Waals surface area contributed by atoms with Crippen molar-refractivity contribution in [3.05, 3.63) is 59.5 Å². The Bertz CT molecular complexity index is 1370. The van der Waals surface area contributed by atoms with Crippen molar-refractivity contribution in [2.45, 2.75) is 6.92 Å². The molecule has 138 valence electrons. The van der Waals surface area contributed by atoms with E-state index < -0.39 is 0 Å². The molecule has 0 saturated heterocycles. The smallest absolute Gasteiger partial charge is 0.175 e. The molecule has 3 heterocycles. The van der Waals surface area contributed by atoms with Crippen molar-refractivity contribution >= 4 is 28.3 Å². The summed E-state index contributed by atoms with van der Waals surface area (Å²) in [4.78, 5) is 4.53. The molecule has 0 amide bonds. The molecule has 28 heavy (non-hydrogen) atoms. The van der Waals surface area contributed by atoms with Gasteiger partial charge in [-0.05, 0) is 36.8 Å². The standard InChI is InChI=1S/C19H13ClN6O2/c1-10-2-3-11(20)6-15(10)26-17-14(8-22-26)19-24-23-18(25(19)9-21-17)13-5-4-12(27)7-16(13)28/h2-9,27-28H,1H3. The first-order chi connectivity index (χ1) is 13.5. The van der Waals surface area contributed by atoms with Gasteiger partial charge in [-0.15, -0.1) is 10.2 Å². The van der Waals surface area contributed by atoms with Gasteiger partial charge in [0, 0.05) is 11.1 Å². The summed E-state index contributed by atoms with van der Waals surface area (Å²) in [5.41, 5.74) is 3.44. The lowest BCUT2D eigenvalue weighted by molar-refractivity contribution is 0.451. The third kappa shape index (κ3) is 2.39. The molecule has 2 aromatic carbocycles. The van der Waals surface area contributed by atoms with Crippen molar-refractivity contribution in [2.24, 2.45) is 0 Å². The van der Waals surface area contributed by atoms with Gasteiger partial charge in [0.15, 0.2) is 17.1 Å². The molecule has 0 fully saturated rings. The molecule has 0 aliphatic rings. The zero-order chi connectivity index (χ0) is 19.4. The number of aryl methyl sites for hydroxylation is 1. The van der Waals surface area contributed by atoms with Gasteiger partial charge in [0.2, 0.25) is 0 Å². The number of hydrogen-bond acceptors (Lipinski definition) is 6. The Balaban J connectivity index is 1.74. The lowest BCUT2D eigenvalue weighted by Gasteiger charge is -2.07. The van der Waals surface area contributed by atoms with Crippen LogP contribution in [0.15, 0.2) is 48.9 Å². The number of aromatic nitrogens is 6. The highest BCUT2D eigenvalue weighted by Gasteiger charge is 2.18. The largest absolute Gasteiger partial charge is 0.508 e. The van der Waals surface area contributed by atoms with E-state index in [0.717, 1.165) is 11.3 Å². The van der Waals surface area contributed by atoms with E-state index in [2.05, 4.69) is 20.3 Å². The predicted octanol–water partition coefficient (Wildman–Crippen LogP) is 3.50.